The van der Waals surface area contributed by atoms with Gasteiger partial charge >= 0.3 is 0 Å². The largest absolute Gasteiger partial charge is 0.375 e. The summed E-state index contributed by atoms with van der Waals surface area (Å²) in [5, 5.41) is 13.1. The summed E-state index contributed by atoms with van der Waals surface area (Å²) in [5.74, 6) is -1.58. The zero-order valence-electron chi connectivity index (χ0n) is 18.2. The molecule has 0 bridgehead atoms. The van der Waals surface area contributed by atoms with Crippen molar-refractivity contribution in [2.45, 2.75) is 24.9 Å². The molecule has 0 spiro atoms. The summed E-state index contributed by atoms with van der Waals surface area (Å²) in [6.07, 6.45) is 2.83. The van der Waals surface area contributed by atoms with Gasteiger partial charge < -0.3 is 15.0 Å². The number of benzene rings is 3. The monoisotopic (exact) mass is 476 g/mol. The van der Waals surface area contributed by atoms with Crippen LogP contribution in [-0.4, -0.2) is 28.3 Å². The minimum absolute atomic E-state index is 0.121. The fourth-order valence-electron chi connectivity index (χ4n) is 4.68. The molecule has 2 heterocycles. The van der Waals surface area contributed by atoms with Crippen molar-refractivity contribution in [3.8, 4) is 0 Å². The van der Waals surface area contributed by atoms with Crippen LogP contribution in [0.25, 0.3) is 10.9 Å². The number of anilines is 1. The van der Waals surface area contributed by atoms with Crippen molar-refractivity contribution in [3.63, 3.8) is 0 Å². The van der Waals surface area contributed by atoms with Crippen LogP contribution in [0.3, 0.4) is 0 Å². The van der Waals surface area contributed by atoms with E-state index in [9.17, 15) is 19.1 Å². The van der Waals surface area contributed by atoms with Gasteiger partial charge in [0.25, 0.3) is 5.91 Å². The zero-order valence-corrected chi connectivity index (χ0v) is 19.0. The predicted molar refractivity (Wildman–Crippen MR) is 130 cm³/mol. The van der Waals surface area contributed by atoms with Gasteiger partial charge in [0.05, 0.1) is 12.1 Å². The third-order valence-electron chi connectivity index (χ3n) is 6.36. The number of Topliss-reactive ketones (excluding diaryl/α,β-unsaturated/α-hetero) is 1. The van der Waals surface area contributed by atoms with E-state index >= 15 is 0 Å². The number of carbonyl (C=O) groups excluding carboxylic acids is 2. The molecule has 0 fully saturated rings. The van der Waals surface area contributed by atoms with E-state index in [2.05, 4.69) is 4.98 Å². The van der Waals surface area contributed by atoms with Crippen LogP contribution in [0.15, 0.2) is 72.9 Å². The Kier molecular flexibility index (Phi) is 5.71. The number of fused-ring (bicyclic) bond motifs is 2. The van der Waals surface area contributed by atoms with E-state index in [1.165, 1.54) is 23.1 Å². The molecule has 7 heteroatoms. The number of aromatic nitrogens is 1. The molecule has 1 aliphatic heterocycles. The number of aromatic amines is 1. The van der Waals surface area contributed by atoms with Crippen LogP contribution < -0.4 is 4.90 Å². The van der Waals surface area contributed by atoms with Crippen LogP contribution in [0.4, 0.5) is 10.1 Å². The molecule has 0 radical (unpaired) electrons. The van der Waals surface area contributed by atoms with E-state index in [1.807, 2.05) is 24.4 Å². The van der Waals surface area contributed by atoms with Crippen LogP contribution in [0.2, 0.25) is 5.02 Å². The number of aryl methyl sites for hydroxylation is 1. The Labute approximate surface area is 200 Å². The number of nitrogens with zero attached hydrogens (tertiary/aromatic N) is 1. The van der Waals surface area contributed by atoms with Gasteiger partial charge in [0.2, 0.25) is 0 Å². The average molecular weight is 477 g/mol. The van der Waals surface area contributed by atoms with Gasteiger partial charge in [-0.05, 0) is 54.8 Å². The number of ketones is 1. The van der Waals surface area contributed by atoms with Crippen LogP contribution in [0.1, 0.15) is 34.3 Å². The van der Waals surface area contributed by atoms with E-state index in [-0.39, 0.29) is 5.56 Å². The maximum absolute atomic E-state index is 13.6. The molecule has 1 unspecified atom stereocenters. The maximum atomic E-state index is 13.6. The highest BCUT2D eigenvalue weighted by atomic mass is 35.5. The molecule has 0 saturated heterocycles. The van der Waals surface area contributed by atoms with Crippen molar-refractivity contribution in [1.29, 1.82) is 0 Å². The summed E-state index contributed by atoms with van der Waals surface area (Å²) in [5.41, 5.74) is 1.19. The Bertz CT molecular complexity index is 1420. The van der Waals surface area contributed by atoms with E-state index in [0.717, 1.165) is 22.5 Å². The molecule has 34 heavy (non-hydrogen) atoms. The molecule has 2 N–H and O–H groups in total. The Morgan fingerprint density at radius 2 is 1.91 bits per heavy atom. The van der Waals surface area contributed by atoms with Gasteiger partial charge in [0.1, 0.15) is 5.82 Å². The lowest BCUT2D eigenvalue weighted by Crippen LogP contribution is -2.42. The van der Waals surface area contributed by atoms with E-state index in [0.29, 0.717) is 35.7 Å². The maximum Gasteiger partial charge on any atom is 0.264 e. The summed E-state index contributed by atoms with van der Waals surface area (Å²) < 4.78 is 13.6. The van der Waals surface area contributed by atoms with Crippen molar-refractivity contribution < 1.29 is 19.1 Å². The topological polar surface area (TPSA) is 73.4 Å². The molecule has 1 aromatic heterocycles. The average Bonchev–Trinajstić information content (AvgIpc) is 3.31. The first-order valence-electron chi connectivity index (χ1n) is 11.0. The summed E-state index contributed by atoms with van der Waals surface area (Å²) in [6, 6.07) is 17.9. The van der Waals surface area contributed by atoms with Gasteiger partial charge in [-0.15, -0.1) is 0 Å². The van der Waals surface area contributed by atoms with Gasteiger partial charge in [-0.2, -0.15) is 0 Å². The predicted octanol–water partition coefficient (Wildman–Crippen LogP) is 5.40. The van der Waals surface area contributed by atoms with Crippen molar-refractivity contribution in [3.05, 3.63) is 100 Å². The quantitative estimate of drug-likeness (QED) is 0.351. The Balaban J connectivity index is 1.36. The molecule has 4 aromatic rings. The van der Waals surface area contributed by atoms with Gasteiger partial charge in [-0.3, -0.25) is 9.59 Å². The Morgan fingerprint density at radius 3 is 2.74 bits per heavy atom. The van der Waals surface area contributed by atoms with Crippen LogP contribution in [-0.2, 0) is 16.8 Å². The number of carbonyl (C=O) groups is 2. The first-order valence-corrected chi connectivity index (χ1v) is 11.4. The summed E-state index contributed by atoms with van der Waals surface area (Å²) in [7, 11) is 0. The number of halogens is 2. The second-order valence-corrected chi connectivity index (χ2v) is 8.99. The number of rotatable bonds is 7. The highest BCUT2D eigenvalue weighted by molar-refractivity contribution is 6.31. The smallest absolute Gasteiger partial charge is 0.264 e. The van der Waals surface area contributed by atoms with Gasteiger partial charge in [-0.25, -0.2) is 4.39 Å². The fraction of sp³-hybridized carbons (Fsp3) is 0.185. The van der Waals surface area contributed by atoms with Gasteiger partial charge in [0.15, 0.2) is 11.4 Å². The summed E-state index contributed by atoms with van der Waals surface area (Å²) in [4.78, 5) is 31.0. The minimum Gasteiger partial charge on any atom is -0.375 e. The SMILES string of the molecule is O=C(CC1(O)C(=O)N(CCCc2c[nH]c3ccc(Cl)cc23)c2ccccc21)c1cccc(F)c1. The van der Waals surface area contributed by atoms with Crippen molar-refractivity contribution >= 4 is 39.9 Å². The highest BCUT2D eigenvalue weighted by Crippen LogP contribution is 2.43. The summed E-state index contributed by atoms with van der Waals surface area (Å²) >= 11 is 6.14. The second kappa shape index (κ2) is 8.70. The normalized spacial score (nSPS) is 17.4. The van der Waals surface area contributed by atoms with Crippen molar-refractivity contribution in [1.82, 2.24) is 4.98 Å². The minimum atomic E-state index is -1.99. The van der Waals surface area contributed by atoms with Crippen LogP contribution in [0.5, 0.6) is 0 Å². The lowest BCUT2D eigenvalue weighted by Gasteiger charge is -2.23. The molecule has 1 amide bonds. The Morgan fingerprint density at radius 1 is 1.09 bits per heavy atom. The van der Waals surface area contributed by atoms with Crippen LogP contribution in [0, 0.1) is 5.82 Å². The van der Waals surface area contributed by atoms with E-state index in [1.54, 1.807) is 24.3 Å². The molecule has 0 saturated carbocycles. The molecule has 5 rings (SSSR count). The third-order valence-corrected chi connectivity index (χ3v) is 6.59. The molecular formula is C27H22ClFN2O3. The Hall–Kier alpha value is -3.48. The molecule has 5 nitrogen and oxygen atoms in total. The van der Waals surface area contributed by atoms with Crippen LogP contribution >= 0.6 is 11.6 Å². The van der Waals surface area contributed by atoms with E-state index < -0.39 is 29.5 Å². The molecule has 1 atom stereocenters. The number of hydrogen-bond acceptors (Lipinski definition) is 3. The molecule has 1 aliphatic rings. The second-order valence-electron chi connectivity index (χ2n) is 8.55. The molecule has 172 valence electrons. The van der Waals surface area contributed by atoms with Crippen molar-refractivity contribution in [2.75, 3.05) is 11.4 Å². The lowest BCUT2D eigenvalue weighted by atomic mass is 9.88. The fourth-order valence-corrected chi connectivity index (χ4v) is 4.85. The highest BCUT2D eigenvalue weighted by Gasteiger charge is 2.50. The first-order chi connectivity index (χ1) is 16.4. The first kappa shape index (κ1) is 22.3. The van der Waals surface area contributed by atoms with Gasteiger partial charge in [-0.1, -0.05) is 41.9 Å². The number of hydrogen-bond donors (Lipinski definition) is 2. The number of aliphatic hydroxyl groups is 1. The lowest BCUT2D eigenvalue weighted by molar-refractivity contribution is -0.135. The standard InChI is InChI=1S/C27H22ClFN2O3/c28-19-10-11-23-21(14-19)18(16-30-23)6-4-12-31-24-9-2-1-8-22(24)27(34,26(31)33)15-25(32)17-5-3-7-20(29)13-17/h1-3,5,7-11,13-14,16,30,34H,4,6,12,15H2. The molecule has 3 aromatic carbocycles. The number of amides is 1. The van der Waals surface area contributed by atoms with Crippen molar-refractivity contribution in [2.24, 2.45) is 0 Å². The third kappa shape index (κ3) is 3.89. The number of para-hydroxylation sites is 1. The molecular weight excluding hydrogens is 455 g/mol. The summed E-state index contributed by atoms with van der Waals surface area (Å²) in [6.45, 7) is 0.375. The number of H-pyrrole nitrogens is 1. The number of nitrogens with one attached hydrogen (secondary N) is 1. The molecule has 0 aliphatic carbocycles. The van der Waals surface area contributed by atoms with E-state index in [4.69, 9.17) is 11.6 Å². The zero-order chi connectivity index (χ0) is 23.9. The van der Waals surface area contributed by atoms with Gasteiger partial charge in [0, 0.05) is 39.8 Å².